The van der Waals surface area contributed by atoms with E-state index in [4.69, 9.17) is 38.9 Å². The van der Waals surface area contributed by atoms with Gasteiger partial charge in [-0.25, -0.2) is 39.1 Å². The van der Waals surface area contributed by atoms with Crippen molar-refractivity contribution in [3.05, 3.63) is 334 Å². The van der Waals surface area contributed by atoms with Gasteiger partial charge in [0, 0.05) is 33.4 Å². The molecule has 0 fully saturated rings. The Morgan fingerprint density at radius 2 is 0.488 bits per heavy atom. The third-order valence-corrected chi connectivity index (χ3v) is 15.0. The van der Waals surface area contributed by atoms with E-state index in [1.807, 2.05) is 109 Å². The maximum atomic E-state index is 13.7. The fourth-order valence-corrected chi connectivity index (χ4v) is 10.7. The quantitative estimate of drug-likeness (QED) is 0.0645. The normalized spacial score (nSPS) is 13.7. The van der Waals surface area contributed by atoms with Crippen LogP contribution in [0.25, 0.3) is 0 Å². The van der Waals surface area contributed by atoms with Crippen molar-refractivity contribution in [3.8, 4) is 23.0 Å². The summed E-state index contributed by atoms with van der Waals surface area (Å²) in [4.78, 5) is 78.6. The minimum absolute atomic E-state index is 0.310. The Morgan fingerprint density at radius 1 is 0.279 bits per heavy atom. The summed E-state index contributed by atoms with van der Waals surface area (Å²) in [6.45, 7) is 4.16. The Hall–Kier alpha value is -11.2. The van der Waals surface area contributed by atoms with E-state index in [1.165, 1.54) is 0 Å². The first-order valence-corrected chi connectivity index (χ1v) is 28.2. The first kappa shape index (κ1) is 55.3. The Bertz CT molecular complexity index is 3770. The topological polar surface area (TPSA) is 155 Å². The Morgan fingerprint density at radius 3 is 0.709 bits per heavy atom. The summed E-state index contributed by atoms with van der Waals surface area (Å²) in [6.07, 6.45) is 1.15. The molecule has 0 saturated heterocycles. The zero-order valence-electron chi connectivity index (χ0n) is 46.9. The van der Waals surface area contributed by atoms with Crippen molar-refractivity contribution in [1.82, 2.24) is 0 Å². The molecule has 0 saturated carbocycles. The summed E-state index contributed by atoms with van der Waals surface area (Å²) in [5.74, 6) is -0.537. The molecule has 86 heavy (non-hydrogen) atoms. The van der Waals surface area contributed by atoms with Crippen LogP contribution in [0.1, 0.15) is 99.8 Å². The summed E-state index contributed by atoms with van der Waals surface area (Å²) in [5.41, 5.74) is 5.30. The third-order valence-electron chi connectivity index (χ3n) is 15.0. The predicted octanol–water partition coefficient (Wildman–Crippen LogP) is 14.7. The lowest BCUT2D eigenvalue weighted by molar-refractivity contribution is 0.0725. The monoisotopic (exact) mass is 1130 g/mol. The van der Waals surface area contributed by atoms with Crippen LogP contribution in [0.2, 0.25) is 0 Å². The lowest BCUT2D eigenvalue weighted by Gasteiger charge is -2.40. The van der Waals surface area contributed by atoms with Crippen LogP contribution in [0.3, 0.4) is 0 Å². The zero-order valence-corrected chi connectivity index (χ0v) is 46.9. The van der Waals surface area contributed by atoms with Crippen LogP contribution in [0.15, 0.2) is 287 Å². The van der Waals surface area contributed by atoms with Crippen LogP contribution in [-0.2, 0) is 24.2 Å². The van der Waals surface area contributed by atoms with Crippen LogP contribution in [0.5, 0.6) is 23.0 Å². The van der Waals surface area contributed by atoms with Crippen molar-refractivity contribution in [2.24, 2.45) is 20.0 Å². The number of para-hydroxylation sites is 4. The number of aryl methyl sites for hydroxylation is 2. The highest BCUT2D eigenvalue weighted by atomic mass is 16.5. The maximum absolute atomic E-state index is 13.7. The van der Waals surface area contributed by atoms with Crippen molar-refractivity contribution in [1.29, 1.82) is 0 Å². The van der Waals surface area contributed by atoms with Gasteiger partial charge in [0.2, 0.25) is 11.3 Å². The van der Waals surface area contributed by atoms with Crippen LogP contribution in [0.4, 0.5) is 0 Å². The Balaban J connectivity index is 1.09. The van der Waals surface area contributed by atoms with E-state index in [1.54, 1.807) is 146 Å². The standard InChI is InChI=1S/C74H54N4O8/c1-3-49-21-17-19-31-63(49)73(75-65(51-33-41-55(42-34-51)69(79)83-59-23-9-5-10-24-59)66(76-73)52-35-43-56(44-36-52)70(80)84-60-25-11-6-12-26-60)74(64-32-20-18-22-50(64)4-2)77-67(53-37-45-57(46-38-53)71(81)85-61-27-13-7-14-28-61)68(78-74)54-39-47-58(48-40-54)72(82)86-62-29-15-8-16-30-62/h5-48H,3-4H2,1-2H3. The molecule has 2 aliphatic heterocycles. The van der Waals surface area contributed by atoms with Crippen molar-refractivity contribution in [2.45, 2.75) is 38.0 Å². The molecular formula is C74H54N4O8. The number of hydrogen-bond donors (Lipinski definition) is 0. The summed E-state index contributed by atoms with van der Waals surface area (Å²) >= 11 is 0. The number of carbonyl (C=O) groups is 4. The largest absolute Gasteiger partial charge is 0.423 e. The fraction of sp³-hybridized carbons (Fsp3) is 0.0811. The van der Waals surface area contributed by atoms with E-state index < -0.39 is 35.2 Å². The van der Waals surface area contributed by atoms with Gasteiger partial charge in [0.05, 0.1) is 45.1 Å². The van der Waals surface area contributed by atoms with Gasteiger partial charge in [0.1, 0.15) is 23.0 Å². The van der Waals surface area contributed by atoms with Gasteiger partial charge < -0.3 is 18.9 Å². The van der Waals surface area contributed by atoms with E-state index in [9.17, 15) is 19.2 Å². The predicted molar refractivity (Wildman–Crippen MR) is 333 cm³/mol. The molecule has 10 aromatic carbocycles. The molecule has 2 aliphatic rings. The first-order valence-electron chi connectivity index (χ1n) is 28.2. The SMILES string of the molecule is CCc1ccccc1C1(C2(c3ccccc3CC)N=C(c3ccc(C(=O)Oc4ccccc4)cc3)C(c3ccc(C(=O)Oc4ccccc4)cc3)=N2)N=C(c2ccc(C(=O)Oc3ccccc3)cc2)C(c2ccc(C(=O)Oc3ccccc3)cc2)=N1. The second kappa shape index (κ2) is 24.3. The lowest BCUT2D eigenvalue weighted by atomic mass is 9.78. The highest BCUT2D eigenvalue weighted by Crippen LogP contribution is 2.56. The third kappa shape index (κ3) is 11.1. The van der Waals surface area contributed by atoms with Gasteiger partial charge in [-0.2, -0.15) is 0 Å². The number of carbonyl (C=O) groups excluding carboxylic acids is 4. The molecule has 0 unspecified atom stereocenters. The smallest absolute Gasteiger partial charge is 0.343 e. The van der Waals surface area contributed by atoms with Crippen LogP contribution < -0.4 is 18.9 Å². The van der Waals surface area contributed by atoms with Crippen molar-refractivity contribution in [3.63, 3.8) is 0 Å². The van der Waals surface area contributed by atoms with Gasteiger partial charge in [-0.3, -0.25) is 0 Å². The first-order chi connectivity index (χ1) is 42.1. The molecule has 0 spiro atoms. The summed E-state index contributed by atoms with van der Waals surface area (Å²) < 4.78 is 23.1. The molecule has 0 amide bonds. The van der Waals surface area contributed by atoms with E-state index >= 15 is 0 Å². The Labute approximate surface area is 497 Å². The molecule has 0 aliphatic carbocycles. The van der Waals surface area contributed by atoms with Crippen LogP contribution in [0, 0.1) is 0 Å². The molecular weight excluding hydrogens is 1070 g/mol. The van der Waals surface area contributed by atoms with Crippen LogP contribution >= 0.6 is 0 Å². The molecule has 0 radical (unpaired) electrons. The highest BCUT2D eigenvalue weighted by molar-refractivity contribution is 6.56. The van der Waals surface area contributed by atoms with Gasteiger partial charge in [-0.15, -0.1) is 0 Å². The maximum Gasteiger partial charge on any atom is 0.343 e. The summed E-state index contributed by atoms with van der Waals surface area (Å²) in [5, 5.41) is 0. The van der Waals surface area contributed by atoms with E-state index in [0.29, 0.717) is 103 Å². The number of hydrogen-bond acceptors (Lipinski definition) is 12. The van der Waals surface area contributed by atoms with E-state index in [0.717, 1.165) is 22.3 Å². The molecule has 10 aromatic rings. The lowest BCUT2D eigenvalue weighted by Crippen LogP contribution is -2.44. The van der Waals surface area contributed by atoms with Gasteiger partial charge in [-0.1, -0.05) is 184 Å². The molecule has 12 nitrogen and oxygen atoms in total. The molecule has 2 heterocycles. The molecule has 0 bridgehead atoms. The van der Waals surface area contributed by atoms with Crippen molar-refractivity contribution < 1.29 is 38.1 Å². The van der Waals surface area contributed by atoms with Crippen molar-refractivity contribution in [2.75, 3.05) is 0 Å². The molecule has 0 atom stereocenters. The Kier molecular flexibility index (Phi) is 15.6. The van der Waals surface area contributed by atoms with Gasteiger partial charge in [-0.05, 0) is 121 Å². The van der Waals surface area contributed by atoms with E-state index in [2.05, 4.69) is 26.0 Å². The molecule has 418 valence electrons. The van der Waals surface area contributed by atoms with Crippen LogP contribution in [-0.4, -0.2) is 46.7 Å². The van der Waals surface area contributed by atoms with Gasteiger partial charge in [0.25, 0.3) is 0 Å². The van der Waals surface area contributed by atoms with Gasteiger partial charge >= 0.3 is 23.9 Å². The second-order valence-electron chi connectivity index (χ2n) is 20.3. The number of aliphatic imine (C=N–C) groups is 4. The molecule has 12 heteroatoms. The average molecular weight is 1130 g/mol. The van der Waals surface area contributed by atoms with Gasteiger partial charge in [0.15, 0.2) is 0 Å². The average Bonchev–Trinajstić information content (AvgIpc) is 1.74. The molecule has 12 rings (SSSR count). The zero-order chi connectivity index (χ0) is 59.0. The second-order valence-corrected chi connectivity index (χ2v) is 20.3. The minimum Gasteiger partial charge on any atom is -0.423 e. The summed E-state index contributed by atoms with van der Waals surface area (Å²) in [7, 11) is 0. The number of esters is 4. The van der Waals surface area contributed by atoms with Crippen molar-refractivity contribution >= 4 is 46.7 Å². The molecule has 0 aromatic heterocycles. The van der Waals surface area contributed by atoms with E-state index in [-0.39, 0.29) is 0 Å². The number of benzene rings is 10. The minimum atomic E-state index is -1.75. The fourth-order valence-electron chi connectivity index (χ4n) is 10.7. The highest BCUT2D eigenvalue weighted by Gasteiger charge is 2.61. The number of rotatable bonds is 17. The molecule has 0 N–H and O–H groups in total. The summed E-state index contributed by atoms with van der Waals surface area (Å²) in [6, 6.07) is 79.8. The number of nitrogens with zero attached hydrogens (tertiary/aromatic N) is 4. The number of ether oxygens (including phenoxy) is 4.